The van der Waals surface area contributed by atoms with Crippen molar-refractivity contribution in [3.05, 3.63) is 46.8 Å². The van der Waals surface area contributed by atoms with Gasteiger partial charge in [-0.05, 0) is 37.0 Å². The van der Waals surface area contributed by atoms with Crippen LogP contribution in [0, 0.1) is 13.8 Å². The first-order valence-electron chi connectivity index (χ1n) is 5.34. The van der Waals surface area contributed by atoms with Crippen molar-refractivity contribution >= 4 is 0 Å². The van der Waals surface area contributed by atoms with E-state index in [1.165, 1.54) is 16.7 Å². The Morgan fingerprint density at radius 3 is 2.75 bits per heavy atom. The molecule has 2 aromatic rings. The first-order valence-corrected chi connectivity index (χ1v) is 5.34. The van der Waals surface area contributed by atoms with E-state index in [4.69, 9.17) is 5.73 Å². The van der Waals surface area contributed by atoms with Crippen molar-refractivity contribution in [2.75, 3.05) is 0 Å². The molecule has 84 valence electrons. The number of aryl methyl sites for hydroxylation is 2. The lowest BCUT2D eigenvalue weighted by atomic mass is 10.0. The largest absolute Gasteiger partial charge is 0.322 e. The Labute approximate surface area is 94.9 Å². The van der Waals surface area contributed by atoms with E-state index in [2.05, 4.69) is 47.5 Å². The molecule has 0 spiro atoms. The molecule has 0 aliphatic rings. The highest BCUT2D eigenvalue weighted by Crippen LogP contribution is 2.16. The number of nitrogens with two attached hydrogens (primary N) is 1. The monoisotopic (exact) mass is 216 g/mol. The number of aromatic amines is 1. The van der Waals surface area contributed by atoms with E-state index < -0.39 is 0 Å². The SMILES string of the molecule is Cc1ccc(CC(N)c2cn[nH]n2)cc1C. The predicted octanol–water partition coefficient (Wildman–Crippen LogP) is 1.66. The Bertz CT molecular complexity index is 462. The molecule has 0 fully saturated rings. The van der Waals surface area contributed by atoms with Crippen LogP contribution in [0.15, 0.2) is 24.4 Å². The van der Waals surface area contributed by atoms with Gasteiger partial charge in [0.05, 0.1) is 17.9 Å². The zero-order valence-electron chi connectivity index (χ0n) is 9.57. The average molecular weight is 216 g/mol. The Balaban J connectivity index is 2.12. The molecule has 1 unspecified atom stereocenters. The fourth-order valence-corrected chi connectivity index (χ4v) is 1.68. The van der Waals surface area contributed by atoms with Gasteiger partial charge in [-0.1, -0.05) is 18.2 Å². The molecule has 4 nitrogen and oxygen atoms in total. The summed E-state index contributed by atoms with van der Waals surface area (Å²) in [6.45, 7) is 4.22. The molecule has 16 heavy (non-hydrogen) atoms. The lowest BCUT2D eigenvalue weighted by Crippen LogP contribution is -2.14. The summed E-state index contributed by atoms with van der Waals surface area (Å²) in [5, 5.41) is 10.3. The maximum Gasteiger partial charge on any atom is 0.0995 e. The van der Waals surface area contributed by atoms with Crippen LogP contribution in [0.2, 0.25) is 0 Å². The number of hydrogen-bond donors (Lipinski definition) is 2. The van der Waals surface area contributed by atoms with Crippen molar-refractivity contribution in [1.29, 1.82) is 0 Å². The summed E-state index contributed by atoms with van der Waals surface area (Å²) in [5.74, 6) is 0. The zero-order chi connectivity index (χ0) is 11.5. The van der Waals surface area contributed by atoms with Gasteiger partial charge in [-0.15, -0.1) is 0 Å². The van der Waals surface area contributed by atoms with Crippen LogP contribution in [0.3, 0.4) is 0 Å². The van der Waals surface area contributed by atoms with Crippen molar-refractivity contribution in [1.82, 2.24) is 15.4 Å². The average Bonchev–Trinajstić information content (AvgIpc) is 2.77. The van der Waals surface area contributed by atoms with Crippen LogP contribution in [0.5, 0.6) is 0 Å². The van der Waals surface area contributed by atoms with Crippen LogP contribution < -0.4 is 5.73 Å². The Hall–Kier alpha value is -1.68. The molecule has 0 radical (unpaired) electrons. The van der Waals surface area contributed by atoms with Gasteiger partial charge in [0.15, 0.2) is 0 Å². The van der Waals surface area contributed by atoms with Crippen molar-refractivity contribution < 1.29 is 0 Å². The van der Waals surface area contributed by atoms with E-state index in [9.17, 15) is 0 Å². The molecule has 1 heterocycles. The molecule has 1 atom stereocenters. The van der Waals surface area contributed by atoms with Crippen LogP contribution in [0.1, 0.15) is 28.4 Å². The molecule has 3 N–H and O–H groups in total. The third kappa shape index (κ3) is 2.28. The van der Waals surface area contributed by atoms with Crippen LogP contribution >= 0.6 is 0 Å². The minimum absolute atomic E-state index is 0.0964. The molecule has 0 amide bonds. The maximum atomic E-state index is 6.04. The number of hydrogen-bond acceptors (Lipinski definition) is 3. The number of nitrogens with zero attached hydrogens (tertiary/aromatic N) is 2. The lowest BCUT2D eigenvalue weighted by molar-refractivity contribution is 0.691. The van der Waals surface area contributed by atoms with Crippen molar-refractivity contribution in [2.24, 2.45) is 5.73 Å². The fraction of sp³-hybridized carbons (Fsp3) is 0.333. The summed E-state index contributed by atoms with van der Waals surface area (Å²) < 4.78 is 0. The Morgan fingerprint density at radius 2 is 2.12 bits per heavy atom. The standard InChI is InChI=1S/C12H16N4/c1-8-3-4-10(5-9(8)2)6-11(13)12-7-14-16-15-12/h3-5,7,11H,6,13H2,1-2H3,(H,14,15,16). The van der Waals surface area contributed by atoms with Gasteiger partial charge in [-0.3, -0.25) is 0 Å². The minimum atomic E-state index is -0.0964. The maximum absolute atomic E-state index is 6.04. The van der Waals surface area contributed by atoms with Crippen LogP contribution in [0.4, 0.5) is 0 Å². The highest BCUT2D eigenvalue weighted by molar-refractivity contribution is 5.30. The Morgan fingerprint density at radius 1 is 1.31 bits per heavy atom. The van der Waals surface area contributed by atoms with Crippen LogP contribution in [-0.2, 0) is 6.42 Å². The Kier molecular flexibility index (Phi) is 3.01. The fourth-order valence-electron chi connectivity index (χ4n) is 1.68. The molecule has 1 aromatic heterocycles. The molecule has 0 saturated heterocycles. The summed E-state index contributed by atoms with van der Waals surface area (Å²) in [7, 11) is 0. The van der Waals surface area contributed by atoms with Gasteiger partial charge < -0.3 is 5.73 Å². The molecule has 0 aliphatic carbocycles. The number of H-pyrrole nitrogens is 1. The van der Waals surface area contributed by atoms with Crippen LogP contribution in [0.25, 0.3) is 0 Å². The van der Waals surface area contributed by atoms with Gasteiger partial charge in [-0.2, -0.15) is 15.4 Å². The predicted molar refractivity (Wildman–Crippen MR) is 62.9 cm³/mol. The molecule has 0 saturated carbocycles. The molecular weight excluding hydrogens is 200 g/mol. The van der Waals surface area contributed by atoms with E-state index in [1.807, 2.05) is 0 Å². The molecule has 2 rings (SSSR count). The third-order valence-corrected chi connectivity index (χ3v) is 2.84. The van der Waals surface area contributed by atoms with E-state index in [1.54, 1.807) is 6.20 Å². The topological polar surface area (TPSA) is 67.6 Å². The van der Waals surface area contributed by atoms with Crippen molar-refractivity contribution in [3.63, 3.8) is 0 Å². The van der Waals surface area contributed by atoms with Crippen molar-refractivity contribution in [3.8, 4) is 0 Å². The molecule has 0 aliphatic heterocycles. The van der Waals surface area contributed by atoms with Gasteiger partial charge in [0, 0.05) is 0 Å². The summed E-state index contributed by atoms with van der Waals surface area (Å²) >= 11 is 0. The number of nitrogens with one attached hydrogen (secondary N) is 1. The second kappa shape index (κ2) is 4.45. The quantitative estimate of drug-likeness (QED) is 0.820. The zero-order valence-corrected chi connectivity index (χ0v) is 9.57. The number of rotatable bonds is 3. The first-order chi connectivity index (χ1) is 7.66. The van der Waals surface area contributed by atoms with Gasteiger partial charge in [-0.25, -0.2) is 0 Å². The summed E-state index contributed by atoms with van der Waals surface area (Å²) in [6.07, 6.45) is 2.46. The number of benzene rings is 1. The summed E-state index contributed by atoms with van der Waals surface area (Å²) in [5.41, 5.74) is 10.7. The molecule has 4 heteroatoms. The first kappa shape index (κ1) is 10.8. The van der Waals surface area contributed by atoms with E-state index in [0.29, 0.717) is 0 Å². The molecular formula is C12H16N4. The minimum Gasteiger partial charge on any atom is -0.322 e. The van der Waals surface area contributed by atoms with Crippen LogP contribution in [-0.4, -0.2) is 15.4 Å². The second-order valence-corrected chi connectivity index (χ2v) is 4.12. The smallest absolute Gasteiger partial charge is 0.0995 e. The van der Waals surface area contributed by atoms with E-state index in [-0.39, 0.29) is 6.04 Å². The van der Waals surface area contributed by atoms with Gasteiger partial charge in [0.1, 0.15) is 0 Å². The van der Waals surface area contributed by atoms with Crippen molar-refractivity contribution in [2.45, 2.75) is 26.3 Å². The highest BCUT2D eigenvalue weighted by Gasteiger charge is 2.09. The number of aromatic nitrogens is 3. The summed E-state index contributed by atoms with van der Waals surface area (Å²) in [4.78, 5) is 0. The highest BCUT2D eigenvalue weighted by atomic mass is 15.3. The molecule has 1 aromatic carbocycles. The summed E-state index contributed by atoms with van der Waals surface area (Å²) in [6, 6.07) is 6.32. The second-order valence-electron chi connectivity index (χ2n) is 4.12. The normalized spacial score (nSPS) is 12.7. The third-order valence-electron chi connectivity index (χ3n) is 2.84. The van der Waals surface area contributed by atoms with Gasteiger partial charge in [0.2, 0.25) is 0 Å². The van der Waals surface area contributed by atoms with E-state index in [0.717, 1.165) is 12.1 Å². The molecule has 0 bridgehead atoms. The van der Waals surface area contributed by atoms with Gasteiger partial charge >= 0.3 is 0 Å². The van der Waals surface area contributed by atoms with Gasteiger partial charge in [0.25, 0.3) is 0 Å². The lowest BCUT2D eigenvalue weighted by Gasteiger charge is -2.09. The van der Waals surface area contributed by atoms with E-state index >= 15 is 0 Å².